The molecule has 11 heteroatoms. The molecule has 0 amide bonds. The number of rotatable bonds is 5. The predicted octanol–water partition coefficient (Wildman–Crippen LogP) is 5.83. The van der Waals surface area contributed by atoms with E-state index in [-0.39, 0.29) is 9.79 Å². The van der Waals surface area contributed by atoms with Crippen LogP contribution in [0.25, 0.3) is 0 Å². The standard InChI is InChI=1S/C22H20O6S5/c23-32(24,25)19-12-6-10-17-21(19)30-22-18(29-17)11-7-13-20(22)33(26,27)28-31(14-4-5-15-31)16-8-2-1-3-9-16/h1-3,6-13H,4-5,14-15H2,(H,23,24,25). The van der Waals surface area contributed by atoms with E-state index >= 15 is 0 Å². The van der Waals surface area contributed by atoms with Crippen LogP contribution in [0.4, 0.5) is 0 Å². The maximum atomic E-state index is 13.6. The fourth-order valence-electron chi connectivity index (χ4n) is 3.97. The number of benzene rings is 3. The summed E-state index contributed by atoms with van der Waals surface area (Å²) in [4.78, 5) is 2.75. The van der Waals surface area contributed by atoms with Gasteiger partial charge < -0.3 is 0 Å². The quantitative estimate of drug-likeness (QED) is 0.316. The lowest BCUT2D eigenvalue weighted by atomic mass is 10.3. The summed E-state index contributed by atoms with van der Waals surface area (Å²) in [5, 5.41) is 0. The molecule has 2 aliphatic heterocycles. The summed E-state index contributed by atoms with van der Waals surface area (Å²) in [6, 6.07) is 19.1. The molecule has 1 saturated heterocycles. The minimum Gasteiger partial charge on any atom is -0.282 e. The fourth-order valence-corrected chi connectivity index (χ4v) is 13.7. The minimum absolute atomic E-state index is 0.0167. The van der Waals surface area contributed by atoms with Crippen molar-refractivity contribution < 1.29 is 25.0 Å². The highest BCUT2D eigenvalue weighted by atomic mass is 32.3. The maximum Gasteiger partial charge on any atom is 0.307 e. The smallest absolute Gasteiger partial charge is 0.282 e. The highest BCUT2D eigenvalue weighted by Gasteiger charge is 2.39. The Labute approximate surface area is 203 Å². The molecule has 0 bridgehead atoms. The van der Waals surface area contributed by atoms with Gasteiger partial charge in [0.1, 0.15) is 9.79 Å². The van der Waals surface area contributed by atoms with E-state index in [1.165, 1.54) is 23.9 Å². The molecule has 174 valence electrons. The van der Waals surface area contributed by atoms with Crippen LogP contribution in [0.3, 0.4) is 0 Å². The van der Waals surface area contributed by atoms with Crippen molar-refractivity contribution in [3.8, 4) is 0 Å². The Bertz CT molecular complexity index is 1430. The van der Waals surface area contributed by atoms with Crippen LogP contribution in [0.5, 0.6) is 0 Å². The van der Waals surface area contributed by atoms with E-state index in [1.54, 1.807) is 24.3 Å². The molecule has 0 radical (unpaired) electrons. The molecule has 0 spiro atoms. The summed E-state index contributed by atoms with van der Waals surface area (Å²) in [7, 11) is -10.6. The molecule has 1 fully saturated rings. The van der Waals surface area contributed by atoms with Gasteiger partial charge in [-0.15, -0.1) is 0 Å². The molecule has 6 nitrogen and oxygen atoms in total. The minimum atomic E-state index is -4.47. The monoisotopic (exact) mass is 540 g/mol. The van der Waals surface area contributed by atoms with Gasteiger partial charge in [0, 0.05) is 36.0 Å². The predicted molar refractivity (Wildman–Crippen MR) is 130 cm³/mol. The van der Waals surface area contributed by atoms with E-state index in [9.17, 15) is 21.4 Å². The molecule has 3 aromatic rings. The molecule has 1 N–H and O–H groups in total. The summed E-state index contributed by atoms with van der Waals surface area (Å²) in [5.41, 5.74) is 0. The van der Waals surface area contributed by atoms with Crippen LogP contribution in [0, 0.1) is 0 Å². The van der Waals surface area contributed by atoms with Gasteiger partial charge in [0.25, 0.3) is 10.1 Å². The van der Waals surface area contributed by atoms with Crippen LogP contribution >= 0.6 is 33.8 Å². The highest BCUT2D eigenvalue weighted by molar-refractivity contribution is 8.33. The zero-order valence-corrected chi connectivity index (χ0v) is 21.3. The zero-order chi connectivity index (χ0) is 23.3. The third-order valence-corrected chi connectivity index (χ3v) is 14.9. The summed E-state index contributed by atoms with van der Waals surface area (Å²) in [6.45, 7) is 0. The third kappa shape index (κ3) is 4.36. The molecule has 2 aliphatic rings. The SMILES string of the molecule is O=S(=O)(O)c1cccc2c1Sc1c(cccc1S(=O)(=O)OS1(c3ccccc3)CCCC1)S2. The first-order valence-electron chi connectivity index (χ1n) is 10.1. The molecule has 3 aromatic carbocycles. The van der Waals surface area contributed by atoms with Crippen LogP contribution in [0.15, 0.2) is 101 Å². The number of fused-ring (bicyclic) bond motifs is 2. The Morgan fingerprint density at radius 2 is 1.30 bits per heavy atom. The summed E-state index contributed by atoms with van der Waals surface area (Å²) < 4.78 is 66.9. The third-order valence-electron chi connectivity index (χ3n) is 5.45. The van der Waals surface area contributed by atoms with Gasteiger partial charge in [-0.3, -0.25) is 4.55 Å². The van der Waals surface area contributed by atoms with E-state index in [2.05, 4.69) is 0 Å². The van der Waals surface area contributed by atoms with Gasteiger partial charge in [-0.1, -0.05) is 64.2 Å². The summed E-state index contributed by atoms with van der Waals surface area (Å²) in [6.07, 6.45) is 1.81. The number of hydrogen-bond donors (Lipinski definition) is 1. The van der Waals surface area contributed by atoms with E-state index in [1.807, 2.05) is 30.3 Å². The van der Waals surface area contributed by atoms with E-state index in [4.69, 9.17) is 3.63 Å². The van der Waals surface area contributed by atoms with Crippen LogP contribution in [0.2, 0.25) is 0 Å². The zero-order valence-electron chi connectivity index (χ0n) is 17.2. The van der Waals surface area contributed by atoms with Crippen LogP contribution in [-0.2, 0) is 23.9 Å². The van der Waals surface area contributed by atoms with Crippen LogP contribution in [-0.4, -0.2) is 32.9 Å². The lowest BCUT2D eigenvalue weighted by Gasteiger charge is -2.34. The molecule has 33 heavy (non-hydrogen) atoms. The van der Waals surface area contributed by atoms with E-state index in [0.29, 0.717) is 31.1 Å². The maximum absolute atomic E-state index is 13.6. The van der Waals surface area contributed by atoms with E-state index < -0.39 is 30.5 Å². The molecule has 5 rings (SSSR count). The van der Waals surface area contributed by atoms with Crippen molar-refractivity contribution in [3.05, 3.63) is 66.7 Å². The van der Waals surface area contributed by atoms with Crippen molar-refractivity contribution in [2.24, 2.45) is 0 Å². The largest absolute Gasteiger partial charge is 0.307 e. The number of hydrogen-bond acceptors (Lipinski definition) is 7. The van der Waals surface area contributed by atoms with Crippen molar-refractivity contribution in [2.75, 3.05) is 11.5 Å². The summed E-state index contributed by atoms with van der Waals surface area (Å²) >= 11 is 2.30. The summed E-state index contributed by atoms with van der Waals surface area (Å²) in [5.74, 6) is 1.37. The Balaban J connectivity index is 1.58. The van der Waals surface area contributed by atoms with Crippen molar-refractivity contribution in [3.63, 3.8) is 0 Å². The lowest BCUT2D eigenvalue weighted by molar-refractivity contribution is 0.480. The van der Waals surface area contributed by atoms with Gasteiger partial charge in [-0.05, 0) is 49.2 Å². The topological polar surface area (TPSA) is 97.7 Å². The van der Waals surface area contributed by atoms with Crippen molar-refractivity contribution in [1.29, 1.82) is 0 Å². The molecule has 2 heterocycles. The second kappa shape index (κ2) is 8.63. The first kappa shape index (κ1) is 23.3. The van der Waals surface area contributed by atoms with Gasteiger partial charge in [0.05, 0.1) is 0 Å². The van der Waals surface area contributed by atoms with Crippen molar-refractivity contribution in [2.45, 2.75) is 47.1 Å². The van der Waals surface area contributed by atoms with Crippen LogP contribution < -0.4 is 0 Å². The van der Waals surface area contributed by atoms with Gasteiger partial charge in [0.15, 0.2) is 0 Å². The Morgan fingerprint density at radius 1 is 0.727 bits per heavy atom. The van der Waals surface area contributed by atoms with Crippen LogP contribution in [0.1, 0.15) is 12.8 Å². The average molecular weight is 541 g/mol. The normalized spacial score (nSPS) is 18.3. The van der Waals surface area contributed by atoms with Gasteiger partial charge in [0.2, 0.25) is 0 Å². The second-order valence-electron chi connectivity index (χ2n) is 7.61. The Kier molecular flexibility index (Phi) is 6.09. The Morgan fingerprint density at radius 3 is 1.91 bits per heavy atom. The molecular weight excluding hydrogens is 521 g/mol. The van der Waals surface area contributed by atoms with Crippen molar-refractivity contribution in [1.82, 2.24) is 0 Å². The van der Waals surface area contributed by atoms with Gasteiger partial charge >= 0.3 is 10.1 Å². The molecule has 0 aliphatic carbocycles. The molecule has 0 atom stereocenters. The van der Waals surface area contributed by atoms with Gasteiger partial charge in [-0.2, -0.15) is 16.8 Å². The molecule has 0 unspecified atom stereocenters. The first-order valence-corrected chi connectivity index (χ1v) is 16.5. The lowest BCUT2D eigenvalue weighted by Crippen LogP contribution is -2.15. The molecular formula is C22H20O6S5. The average Bonchev–Trinajstić information content (AvgIpc) is 3.25. The van der Waals surface area contributed by atoms with Gasteiger partial charge in [-0.25, -0.2) is 3.63 Å². The van der Waals surface area contributed by atoms with Crippen molar-refractivity contribution >= 4 is 54.1 Å². The highest BCUT2D eigenvalue weighted by Crippen LogP contribution is 2.63. The molecule has 0 aromatic heterocycles. The second-order valence-corrected chi connectivity index (χ2v) is 15.9. The first-order chi connectivity index (χ1) is 15.7. The van der Waals surface area contributed by atoms with E-state index in [0.717, 1.165) is 29.5 Å². The molecule has 0 saturated carbocycles. The fraction of sp³-hybridized carbons (Fsp3) is 0.182. The Hall–Kier alpha value is -1.47.